The van der Waals surface area contributed by atoms with Crippen LogP contribution in [0.25, 0.3) is 0 Å². The molecule has 116 valence electrons. The fourth-order valence-electron chi connectivity index (χ4n) is 1.37. The summed E-state index contributed by atoms with van der Waals surface area (Å²) in [4.78, 5) is 0. The highest BCUT2D eigenvalue weighted by atomic mass is 16.5. The first kappa shape index (κ1) is 20.9. The fourth-order valence-corrected chi connectivity index (χ4v) is 1.37. The average Bonchev–Trinajstić information content (AvgIpc) is 2.71. The molecule has 0 amide bonds. The van der Waals surface area contributed by atoms with Crippen LogP contribution in [0, 0.1) is 0 Å². The van der Waals surface area contributed by atoms with Crippen molar-refractivity contribution in [2.24, 2.45) is 0 Å². The van der Waals surface area contributed by atoms with Gasteiger partial charge in [-0.15, -0.1) is 0 Å². The molecule has 0 bridgehead atoms. The molecule has 1 fully saturated rings. The molecule has 1 aliphatic rings. The lowest BCUT2D eigenvalue weighted by atomic mass is 10.2. The molecule has 1 saturated heterocycles. The lowest BCUT2D eigenvalue weighted by Crippen LogP contribution is -2.15. The minimum Gasteiger partial charge on any atom is -0.375 e. The van der Waals surface area contributed by atoms with Gasteiger partial charge in [0.15, 0.2) is 5.79 Å². The molecule has 0 aromatic carbocycles. The number of aliphatic hydroxyl groups is 2. The zero-order valence-corrected chi connectivity index (χ0v) is 13.3. The molecule has 0 saturated carbocycles. The van der Waals surface area contributed by atoms with Gasteiger partial charge in [-0.05, 0) is 40.5 Å². The lowest BCUT2D eigenvalue weighted by molar-refractivity contribution is -0.127. The quantitative estimate of drug-likeness (QED) is 0.471. The van der Waals surface area contributed by atoms with Crippen LogP contribution in [0.5, 0.6) is 0 Å². The van der Waals surface area contributed by atoms with Crippen molar-refractivity contribution in [1.29, 1.82) is 0 Å². The maximum absolute atomic E-state index is 8.08. The molecule has 2 atom stereocenters. The Labute approximate surface area is 118 Å². The van der Waals surface area contributed by atoms with Crippen LogP contribution in [0.15, 0.2) is 12.2 Å². The Balaban J connectivity index is 0. The molecule has 1 rings (SSSR count). The van der Waals surface area contributed by atoms with Crippen molar-refractivity contribution in [3.8, 4) is 0 Å². The van der Waals surface area contributed by atoms with Crippen molar-refractivity contribution in [2.75, 3.05) is 13.2 Å². The smallest absolute Gasteiger partial charge is 0.156 e. The first-order chi connectivity index (χ1) is 8.83. The topological polar surface area (TPSA) is 58.9 Å². The van der Waals surface area contributed by atoms with Crippen LogP contribution >= 0.6 is 0 Å². The van der Waals surface area contributed by atoms with Crippen LogP contribution < -0.4 is 0 Å². The summed E-state index contributed by atoms with van der Waals surface area (Å²) >= 11 is 0. The van der Waals surface area contributed by atoms with E-state index in [4.69, 9.17) is 19.7 Å². The summed E-state index contributed by atoms with van der Waals surface area (Å²) in [6.07, 6.45) is 7.11. The predicted molar refractivity (Wildman–Crippen MR) is 79.1 cm³/mol. The SMILES string of the molecule is C/C=C/COCC1CCC(C)O1.CC.CC(C)(O)O. The molecule has 0 spiro atoms. The first-order valence-electron chi connectivity index (χ1n) is 7.12. The molecular weight excluding hydrogens is 244 g/mol. The minimum atomic E-state index is -1.50. The first-order valence-corrected chi connectivity index (χ1v) is 7.12. The van der Waals surface area contributed by atoms with Crippen molar-refractivity contribution >= 4 is 0 Å². The molecule has 1 heterocycles. The summed E-state index contributed by atoms with van der Waals surface area (Å²) in [6.45, 7) is 12.2. The van der Waals surface area contributed by atoms with E-state index in [9.17, 15) is 0 Å². The van der Waals surface area contributed by atoms with E-state index in [2.05, 4.69) is 6.92 Å². The van der Waals surface area contributed by atoms with Gasteiger partial charge in [0.25, 0.3) is 0 Å². The van der Waals surface area contributed by atoms with E-state index in [1.54, 1.807) is 0 Å². The van der Waals surface area contributed by atoms with Crippen LogP contribution in [0.2, 0.25) is 0 Å². The lowest BCUT2D eigenvalue weighted by Gasteiger charge is -2.10. The van der Waals surface area contributed by atoms with Crippen molar-refractivity contribution in [3.05, 3.63) is 12.2 Å². The van der Waals surface area contributed by atoms with Crippen LogP contribution in [-0.4, -0.2) is 41.4 Å². The van der Waals surface area contributed by atoms with Gasteiger partial charge in [-0.1, -0.05) is 26.0 Å². The van der Waals surface area contributed by atoms with Crippen LogP contribution in [0.3, 0.4) is 0 Å². The Morgan fingerprint density at radius 2 is 1.79 bits per heavy atom. The van der Waals surface area contributed by atoms with Crippen molar-refractivity contribution in [3.63, 3.8) is 0 Å². The van der Waals surface area contributed by atoms with E-state index in [-0.39, 0.29) is 0 Å². The second-order valence-corrected chi connectivity index (χ2v) is 4.75. The van der Waals surface area contributed by atoms with E-state index >= 15 is 0 Å². The Morgan fingerprint density at radius 3 is 2.16 bits per heavy atom. The number of allylic oxidation sites excluding steroid dienone is 1. The standard InChI is InChI=1S/C10H18O2.C3H8O2.C2H6/c1-3-4-7-11-8-10-6-5-9(2)12-10;1-3(2,4)5;1-2/h3-4,9-10H,5-8H2,1-2H3;4-5H,1-2H3;1-2H3/b4-3+;;. The summed E-state index contributed by atoms with van der Waals surface area (Å²) in [5.74, 6) is -1.50. The van der Waals surface area contributed by atoms with Gasteiger partial charge in [-0.25, -0.2) is 0 Å². The van der Waals surface area contributed by atoms with Gasteiger partial charge in [0, 0.05) is 0 Å². The van der Waals surface area contributed by atoms with Crippen molar-refractivity contribution < 1.29 is 19.7 Å². The molecule has 0 aromatic heterocycles. The molecule has 4 nitrogen and oxygen atoms in total. The van der Waals surface area contributed by atoms with E-state index < -0.39 is 5.79 Å². The monoisotopic (exact) mass is 276 g/mol. The van der Waals surface area contributed by atoms with Gasteiger partial charge >= 0.3 is 0 Å². The highest BCUT2D eigenvalue weighted by molar-refractivity contribution is 4.77. The summed E-state index contributed by atoms with van der Waals surface area (Å²) in [7, 11) is 0. The second kappa shape index (κ2) is 12.6. The fraction of sp³-hybridized carbons (Fsp3) is 0.867. The van der Waals surface area contributed by atoms with Gasteiger partial charge in [0.05, 0.1) is 25.4 Å². The highest BCUT2D eigenvalue weighted by Crippen LogP contribution is 2.18. The van der Waals surface area contributed by atoms with Crippen LogP contribution in [-0.2, 0) is 9.47 Å². The summed E-state index contributed by atoms with van der Waals surface area (Å²) in [5.41, 5.74) is 0. The Hall–Kier alpha value is -0.420. The van der Waals surface area contributed by atoms with Crippen molar-refractivity contribution in [2.45, 2.75) is 72.4 Å². The number of hydrogen-bond donors (Lipinski definition) is 2. The van der Waals surface area contributed by atoms with Gasteiger partial charge in [-0.2, -0.15) is 0 Å². The molecule has 1 aliphatic heterocycles. The molecule has 2 unspecified atom stereocenters. The van der Waals surface area contributed by atoms with E-state index in [0.29, 0.717) is 18.8 Å². The molecule has 2 N–H and O–H groups in total. The summed E-state index contributed by atoms with van der Waals surface area (Å²) < 4.78 is 11.0. The van der Waals surface area contributed by atoms with E-state index in [1.165, 1.54) is 20.3 Å². The van der Waals surface area contributed by atoms with Gasteiger partial charge in [0.2, 0.25) is 0 Å². The number of rotatable bonds is 4. The Kier molecular flexibility index (Phi) is 13.9. The predicted octanol–water partition coefficient (Wildman–Crippen LogP) is 2.88. The Bertz CT molecular complexity index is 203. The second-order valence-electron chi connectivity index (χ2n) is 4.75. The minimum absolute atomic E-state index is 0.338. The van der Waals surface area contributed by atoms with Gasteiger partial charge < -0.3 is 19.7 Å². The zero-order chi connectivity index (χ0) is 15.3. The van der Waals surface area contributed by atoms with Gasteiger partial charge in [-0.3, -0.25) is 0 Å². The van der Waals surface area contributed by atoms with E-state index in [0.717, 1.165) is 13.0 Å². The molecule has 4 heteroatoms. The molecule has 19 heavy (non-hydrogen) atoms. The molecule has 0 aromatic rings. The van der Waals surface area contributed by atoms with E-state index in [1.807, 2.05) is 32.9 Å². The van der Waals surface area contributed by atoms with Crippen molar-refractivity contribution in [1.82, 2.24) is 0 Å². The summed E-state index contributed by atoms with van der Waals surface area (Å²) in [5, 5.41) is 16.2. The third-order valence-corrected chi connectivity index (χ3v) is 2.07. The summed E-state index contributed by atoms with van der Waals surface area (Å²) in [6, 6.07) is 0. The maximum atomic E-state index is 8.08. The number of hydrogen-bond acceptors (Lipinski definition) is 4. The third-order valence-electron chi connectivity index (χ3n) is 2.07. The van der Waals surface area contributed by atoms with Crippen LogP contribution in [0.1, 0.15) is 54.4 Å². The number of ether oxygens (including phenoxy) is 2. The van der Waals surface area contributed by atoms with Gasteiger partial charge in [0.1, 0.15) is 0 Å². The third kappa shape index (κ3) is 20.1. The Morgan fingerprint density at radius 1 is 1.26 bits per heavy atom. The maximum Gasteiger partial charge on any atom is 0.156 e. The largest absolute Gasteiger partial charge is 0.375 e. The zero-order valence-electron chi connectivity index (χ0n) is 13.3. The normalized spacial score (nSPS) is 22.5. The molecule has 0 radical (unpaired) electrons. The molecular formula is C15H32O4. The highest BCUT2D eigenvalue weighted by Gasteiger charge is 2.21. The van der Waals surface area contributed by atoms with Crippen LogP contribution in [0.4, 0.5) is 0 Å². The molecule has 0 aliphatic carbocycles. The average molecular weight is 276 g/mol.